The zero-order chi connectivity index (χ0) is 20.7. The number of halogens is 1. The van der Waals surface area contributed by atoms with Crippen molar-refractivity contribution in [1.29, 1.82) is 0 Å². The fourth-order valence-electron chi connectivity index (χ4n) is 2.47. The lowest BCUT2D eigenvalue weighted by Crippen LogP contribution is -2.29. The number of benzene rings is 2. The van der Waals surface area contributed by atoms with E-state index < -0.39 is 20.9 Å². The number of anilines is 1. The molecule has 10 heteroatoms. The van der Waals surface area contributed by atoms with E-state index in [0.717, 1.165) is 0 Å². The van der Waals surface area contributed by atoms with Gasteiger partial charge in [-0.15, -0.1) is 5.10 Å². The molecule has 3 rings (SSSR count). The van der Waals surface area contributed by atoms with Gasteiger partial charge in [-0.3, -0.25) is 0 Å². The number of hydrogen-bond acceptors (Lipinski definition) is 6. The monoisotopic (exact) mass is 418 g/mol. The topological polar surface area (TPSA) is 114 Å². The molecular weight excluding hydrogens is 399 g/mol. The molecule has 0 spiro atoms. The second-order valence-corrected chi connectivity index (χ2v) is 8.07. The van der Waals surface area contributed by atoms with E-state index >= 15 is 0 Å². The fourth-order valence-corrected chi connectivity index (χ4v) is 3.61. The van der Waals surface area contributed by atoms with Gasteiger partial charge < -0.3 is 15.1 Å². The molecule has 0 saturated carbocycles. The summed E-state index contributed by atoms with van der Waals surface area (Å²) in [5.74, 6) is -0.652. The van der Waals surface area contributed by atoms with Crippen LogP contribution in [0.4, 0.5) is 14.9 Å². The number of carbonyl (C=O) groups is 1. The number of para-hydroxylation sites is 1. The molecule has 0 saturated heterocycles. The van der Waals surface area contributed by atoms with Crippen LogP contribution in [-0.2, 0) is 22.0 Å². The largest absolute Gasteiger partial charge is 0.413 e. The van der Waals surface area contributed by atoms with Crippen molar-refractivity contribution in [3.8, 4) is 0 Å². The Bertz CT molecular complexity index is 1050. The zero-order valence-electron chi connectivity index (χ0n) is 15.3. The van der Waals surface area contributed by atoms with Crippen LogP contribution in [0.15, 0.2) is 64.2 Å². The first-order chi connectivity index (χ1) is 13.9. The number of nitrogens with zero attached hydrogens (tertiary/aromatic N) is 2. The van der Waals surface area contributed by atoms with Crippen molar-refractivity contribution < 1.29 is 22.0 Å². The van der Waals surface area contributed by atoms with Crippen LogP contribution >= 0.6 is 0 Å². The summed E-state index contributed by atoms with van der Waals surface area (Å²) in [5, 5.41) is 12.2. The third-order valence-electron chi connectivity index (χ3n) is 3.87. The van der Waals surface area contributed by atoms with Crippen molar-refractivity contribution >= 4 is 21.6 Å². The highest BCUT2D eigenvalue weighted by atomic mass is 32.2. The minimum absolute atomic E-state index is 0.160. The molecule has 152 valence electrons. The van der Waals surface area contributed by atoms with Crippen LogP contribution in [0.3, 0.4) is 0 Å². The summed E-state index contributed by atoms with van der Waals surface area (Å²) in [6, 6.07) is 13.8. The molecule has 0 aliphatic heterocycles. The summed E-state index contributed by atoms with van der Waals surface area (Å²) < 4.78 is 42.8. The van der Waals surface area contributed by atoms with E-state index in [-0.39, 0.29) is 17.7 Å². The lowest BCUT2D eigenvalue weighted by molar-refractivity contribution is 0.252. The normalized spacial score (nSPS) is 11.2. The third-order valence-corrected chi connectivity index (χ3v) is 5.28. The molecule has 0 fully saturated rings. The van der Waals surface area contributed by atoms with Crippen LogP contribution in [0.25, 0.3) is 0 Å². The van der Waals surface area contributed by atoms with Crippen LogP contribution in [-0.4, -0.2) is 31.2 Å². The Labute approximate surface area is 167 Å². The van der Waals surface area contributed by atoms with Gasteiger partial charge in [0.05, 0.1) is 5.75 Å². The van der Waals surface area contributed by atoms with Crippen LogP contribution < -0.4 is 10.6 Å². The summed E-state index contributed by atoms with van der Waals surface area (Å²) in [6.45, 7) is 0.346. The van der Waals surface area contributed by atoms with Crippen molar-refractivity contribution in [3.05, 3.63) is 71.9 Å². The Morgan fingerprint density at radius 1 is 1.03 bits per heavy atom. The number of urea groups is 1. The number of amides is 2. The number of sulfone groups is 1. The average molecular weight is 418 g/mol. The van der Waals surface area contributed by atoms with Gasteiger partial charge in [0.2, 0.25) is 15.7 Å². The van der Waals surface area contributed by atoms with Gasteiger partial charge in [0.1, 0.15) is 5.82 Å². The maximum absolute atomic E-state index is 12.9. The molecule has 0 bridgehead atoms. The maximum Gasteiger partial charge on any atom is 0.335 e. The Morgan fingerprint density at radius 3 is 2.48 bits per heavy atom. The summed E-state index contributed by atoms with van der Waals surface area (Å²) in [4.78, 5) is 11.8. The number of aryl methyl sites for hydroxylation is 1. The number of carbonyl (C=O) groups excluding carboxylic acids is 1. The first-order valence-corrected chi connectivity index (χ1v) is 10.5. The Hall–Kier alpha value is -3.27. The van der Waals surface area contributed by atoms with Gasteiger partial charge >= 0.3 is 11.3 Å². The molecule has 0 unspecified atom stereocenters. The van der Waals surface area contributed by atoms with Crippen molar-refractivity contribution in [2.24, 2.45) is 0 Å². The summed E-state index contributed by atoms with van der Waals surface area (Å²) in [6.07, 6.45) is 0.798. The quantitative estimate of drug-likeness (QED) is 0.544. The molecule has 2 amide bonds. The molecule has 1 heterocycles. The first kappa shape index (κ1) is 20.5. The Balaban J connectivity index is 1.46. The van der Waals surface area contributed by atoms with Gasteiger partial charge in [-0.1, -0.05) is 35.4 Å². The number of nitrogens with one attached hydrogen (secondary N) is 2. The second kappa shape index (κ2) is 9.28. The van der Waals surface area contributed by atoms with E-state index in [1.807, 2.05) is 18.2 Å². The minimum Gasteiger partial charge on any atom is -0.413 e. The highest BCUT2D eigenvalue weighted by Gasteiger charge is 2.23. The van der Waals surface area contributed by atoms with Gasteiger partial charge in [-0.25, -0.2) is 17.6 Å². The highest BCUT2D eigenvalue weighted by Crippen LogP contribution is 2.16. The van der Waals surface area contributed by atoms with Crippen molar-refractivity contribution in [2.45, 2.75) is 23.8 Å². The molecule has 1 aromatic heterocycles. The fraction of sp³-hybridized carbons (Fsp3) is 0.211. The molecule has 0 radical (unpaired) electrons. The Morgan fingerprint density at radius 2 is 1.76 bits per heavy atom. The molecule has 29 heavy (non-hydrogen) atoms. The van der Waals surface area contributed by atoms with E-state index in [0.29, 0.717) is 30.6 Å². The van der Waals surface area contributed by atoms with E-state index in [4.69, 9.17) is 4.42 Å². The van der Waals surface area contributed by atoms with E-state index in [9.17, 15) is 17.6 Å². The summed E-state index contributed by atoms with van der Waals surface area (Å²) in [7, 11) is -3.83. The molecule has 0 aliphatic carbocycles. The van der Waals surface area contributed by atoms with E-state index in [2.05, 4.69) is 20.8 Å². The lowest BCUT2D eigenvalue weighted by atomic mass is 10.2. The maximum atomic E-state index is 12.9. The predicted octanol–water partition coefficient (Wildman–Crippen LogP) is 2.94. The summed E-state index contributed by atoms with van der Waals surface area (Å²) >= 11 is 0. The molecule has 3 aromatic rings. The average Bonchev–Trinajstić information content (AvgIpc) is 3.18. The molecule has 2 aromatic carbocycles. The number of rotatable bonds is 8. The SMILES string of the molecule is O=C(NCCCc1nnc(S(=O)(=O)Cc2ccc(F)cc2)o1)Nc1ccccc1. The zero-order valence-corrected chi connectivity index (χ0v) is 16.2. The van der Waals surface area contributed by atoms with E-state index in [1.165, 1.54) is 24.3 Å². The molecule has 0 aliphatic rings. The molecule has 2 N–H and O–H groups in total. The third kappa shape index (κ3) is 6.11. The number of hydrogen-bond donors (Lipinski definition) is 2. The Kier molecular flexibility index (Phi) is 6.55. The smallest absolute Gasteiger partial charge is 0.335 e. The summed E-state index contributed by atoms with van der Waals surface area (Å²) in [5.41, 5.74) is 1.10. The molecule has 0 atom stereocenters. The number of aromatic nitrogens is 2. The van der Waals surface area contributed by atoms with Crippen LogP contribution in [0.5, 0.6) is 0 Å². The van der Waals surface area contributed by atoms with Crippen LogP contribution in [0.1, 0.15) is 17.9 Å². The predicted molar refractivity (Wildman–Crippen MR) is 103 cm³/mol. The van der Waals surface area contributed by atoms with Crippen LogP contribution in [0, 0.1) is 5.82 Å². The van der Waals surface area contributed by atoms with E-state index in [1.54, 1.807) is 12.1 Å². The minimum atomic E-state index is -3.83. The first-order valence-electron chi connectivity index (χ1n) is 8.82. The standard InChI is InChI=1S/C19H19FN4O4S/c20-15-10-8-14(9-11-15)13-29(26,27)19-24-23-17(28-19)7-4-12-21-18(25)22-16-5-2-1-3-6-16/h1-3,5-6,8-11H,4,7,12-13H2,(H2,21,22,25). The van der Waals surface area contributed by atoms with Gasteiger partial charge in [0.15, 0.2) is 0 Å². The van der Waals surface area contributed by atoms with Crippen LogP contribution in [0.2, 0.25) is 0 Å². The molecular formula is C19H19FN4O4S. The van der Waals surface area contributed by atoms with Gasteiger partial charge in [-0.05, 0) is 36.2 Å². The van der Waals surface area contributed by atoms with Crippen molar-refractivity contribution in [1.82, 2.24) is 15.5 Å². The highest BCUT2D eigenvalue weighted by molar-refractivity contribution is 7.90. The van der Waals surface area contributed by atoms with Gasteiger partial charge in [-0.2, -0.15) is 0 Å². The van der Waals surface area contributed by atoms with Crippen molar-refractivity contribution in [2.75, 3.05) is 11.9 Å². The second-order valence-electron chi connectivity index (χ2n) is 6.20. The van der Waals surface area contributed by atoms with Gasteiger partial charge in [0.25, 0.3) is 0 Å². The lowest BCUT2D eigenvalue weighted by Gasteiger charge is -2.06. The van der Waals surface area contributed by atoms with Crippen molar-refractivity contribution in [3.63, 3.8) is 0 Å². The molecule has 8 nitrogen and oxygen atoms in total. The van der Waals surface area contributed by atoms with Gasteiger partial charge in [0, 0.05) is 18.7 Å².